The van der Waals surface area contributed by atoms with Crippen LogP contribution in [-0.2, 0) is 38.4 Å². The fourth-order valence-corrected chi connectivity index (χ4v) is 9.52. The molecule has 4 aliphatic rings. The molecule has 16 heteroatoms. The van der Waals surface area contributed by atoms with Crippen LogP contribution < -0.4 is 21.7 Å². The summed E-state index contributed by atoms with van der Waals surface area (Å²) >= 11 is 1.25. The molecule has 1 saturated heterocycles. The van der Waals surface area contributed by atoms with Crippen LogP contribution in [0.25, 0.3) is 0 Å². The second kappa shape index (κ2) is 20.3. The van der Waals surface area contributed by atoms with Crippen molar-refractivity contribution in [2.45, 2.75) is 161 Å². The van der Waals surface area contributed by atoms with E-state index in [9.17, 15) is 43.2 Å². The standard InChI is InChI=1S/C43H62N6O9S/c1-24-45-32(23-59-24)40(56)47-31(17-18-34(51)41(57)46-27-15-16-27)35(52)21-30(43(2,3)4)42(58)49-22-28(50)19-33(49)36(53)20-29(25-11-7-5-8-12-25)39(55)48-37(38(44)54)26-13-9-6-10-14-26/h23,25-27,29-31,33,37H,5-22H2,1-4H3,(H2,44,54)(H,46,57)(H,47,56)(H,48,55)/t29-,30+,31-,33-,37-/m0/s1. The lowest BCUT2D eigenvalue weighted by molar-refractivity contribution is -0.147. The van der Waals surface area contributed by atoms with Gasteiger partial charge in [-0.25, -0.2) is 4.98 Å². The van der Waals surface area contributed by atoms with Crippen molar-refractivity contribution in [3.63, 3.8) is 0 Å². The van der Waals surface area contributed by atoms with Crippen LogP contribution in [0.5, 0.6) is 0 Å². The molecule has 15 nitrogen and oxygen atoms in total. The second-order valence-electron chi connectivity index (χ2n) is 18.3. The average Bonchev–Trinajstić information content (AvgIpc) is 3.76. The molecule has 0 radical (unpaired) electrons. The van der Waals surface area contributed by atoms with E-state index in [4.69, 9.17) is 5.73 Å². The van der Waals surface area contributed by atoms with E-state index in [-0.39, 0.29) is 68.0 Å². The van der Waals surface area contributed by atoms with Gasteiger partial charge in [-0.15, -0.1) is 11.3 Å². The fourth-order valence-electron chi connectivity index (χ4n) is 8.93. The lowest BCUT2D eigenvalue weighted by atomic mass is 9.75. The van der Waals surface area contributed by atoms with Gasteiger partial charge in [0.2, 0.25) is 23.5 Å². The molecule has 3 saturated carbocycles. The van der Waals surface area contributed by atoms with E-state index in [1.165, 1.54) is 16.2 Å². The van der Waals surface area contributed by atoms with Gasteiger partial charge in [0, 0.05) is 48.9 Å². The highest BCUT2D eigenvalue weighted by Gasteiger charge is 2.46. The average molecular weight is 839 g/mol. The van der Waals surface area contributed by atoms with E-state index >= 15 is 0 Å². The third-order valence-corrected chi connectivity index (χ3v) is 13.4. The Morgan fingerprint density at radius 1 is 0.881 bits per heavy atom. The molecule has 5 atom stereocenters. The zero-order valence-corrected chi connectivity index (χ0v) is 35.8. The van der Waals surface area contributed by atoms with Crippen molar-refractivity contribution >= 4 is 64.0 Å². The molecule has 5 N–H and O–H groups in total. The smallest absolute Gasteiger partial charge is 0.287 e. The lowest BCUT2D eigenvalue weighted by Gasteiger charge is -2.36. The summed E-state index contributed by atoms with van der Waals surface area (Å²) in [5.41, 5.74) is 5.03. The monoisotopic (exact) mass is 838 g/mol. The van der Waals surface area contributed by atoms with Crippen molar-refractivity contribution < 1.29 is 43.2 Å². The van der Waals surface area contributed by atoms with Crippen molar-refractivity contribution in [2.24, 2.45) is 34.8 Å². The third kappa shape index (κ3) is 12.6. The number of nitrogens with zero attached hydrogens (tertiary/aromatic N) is 2. The van der Waals surface area contributed by atoms with Crippen LogP contribution in [0.4, 0.5) is 0 Å². The van der Waals surface area contributed by atoms with Gasteiger partial charge >= 0.3 is 0 Å². The summed E-state index contributed by atoms with van der Waals surface area (Å²) in [7, 11) is 0. The van der Waals surface area contributed by atoms with E-state index in [2.05, 4.69) is 20.9 Å². The molecule has 0 unspecified atom stereocenters. The third-order valence-electron chi connectivity index (χ3n) is 12.6. The van der Waals surface area contributed by atoms with Gasteiger partial charge in [0.15, 0.2) is 17.3 Å². The van der Waals surface area contributed by atoms with Gasteiger partial charge in [0.25, 0.3) is 11.8 Å². The van der Waals surface area contributed by atoms with Crippen LogP contribution in [0.15, 0.2) is 5.38 Å². The predicted octanol–water partition coefficient (Wildman–Crippen LogP) is 3.68. The van der Waals surface area contributed by atoms with Crippen molar-refractivity contribution in [1.82, 2.24) is 25.8 Å². The highest BCUT2D eigenvalue weighted by Crippen LogP contribution is 2.37. The largest absolute Gasteiger partial charge is 0.368 e. The minimum atomic E-state index is -1.25. The number of aryl methyl sites for hydroxylation is 1. The molecule has 4 fully saturated rings. The maximum Gasteiger partial charge on any atom is 0.287 e. The zero-order valence-electron chi connectivity index (χ0n) is 35.0. The van der Waals surface area contributed by atoms with Crippen LogP contribution in [0.1, 0.15) is 145 Å². The maximum atomic E-state index is 14.6. The Bertz CT molecular complexity index is 1770. The van der Waals surface area contributed by atoms with Crippen LogP contribution in [-0.4, -0.2) is 93.3 Å². The zero-order chi connectivity index (χ0) is 43.0. The second-order valence-corrected chi connectivity index (χ2v) is 19.3. The first-order valence-corrected chi connectivity index (χ1v) is 22.3. The number of amides is 5. The lowest BCUT2D eigenvalue weighted by Crippen LogP contribution is -2.53. The molecule has 2 heterocycles. The number of hydrogen-bond acceptors (Lipinski definition) is 11. The topological polar surface area (TPSA) is 232 Å². The van der Waals surface area contributed by atoms with Gasteiger partial charge in [-0.05, 0) is 69.1 Å². The number of nitrogens with two attached hydrogens (primary N) is 1. The Hall–Kier alpha value is -4.34. The van der Waals surface area contributed by atoms with Crippen molar-refractivity contribution in [3.8, 4) is 0 Å². The number of carbonyl (C=O) groups excluding carboxylic acids is 9. The van der Waals surface area contributed by atoms with Gasteiger partial charge in [-0.1, -0.05) is 59.3 Å². The number of Topliss-reactive ketones (excluding diaryl/α,β-unsaturated/α-hetero) is 4. The Morgan fingerprint density at radius 2 is 1.51 bits per heavy atom. The fraction of sp³-hybridized carbons (Fsp3) is 0.721. The number of ketones is 4. The molecular weight excluding hydrogens is 777 g/mol. The molecule has 5 amide bonds. The van der Waals surface area contributed by atoms with Crippen molar-refractivity contribution in [2.75, 3.05) is 6.54 Å². The minimum absolute atomic E-state index is 0.0426. The quantitative estimate of drug-likeness (QED) is 0.148. The first-order valence-electron chi connectivity index (χ1n) is 21.5. The number of likely N-dealkylation sites (tertiary alicyclic amines) is 1. The number of primary amides is 1. The summed E-state index contributed by atoms with van der Waals surface area (Å²) < 4.78 is 0. The molecule has 5 rings (SSSR count). The molecule has 0 aromatic carbocycles. The van der Waals surface area contributed by atoms with Crippen molar-refractivity contribution in [3.05, 3.63) is 16.1 Å². The van der Waals surface area contributed by atoms with E-state index in [0.717, 1.165) is 77.0 Å². The van der Waals surface area contributed by atoms with Crippen LogP contribution in [0.3, 0.4) is 0 Å². The molecule has 0 bridgehead atoms. The summed E-state index contributed by atoms with van der Waals surface area (Å²) in [5, 5.41) is 10.4. The normalized spacial score (nSPS) is 21.2. The Labute approximate surface area is 350 Å². The Balaban J connectivity index is 1.33. The van der Waals surface area contributed by atoms with Crippen LogP contribution in [0.2, 0.25) is 0 Å². The number of hydrogen-bond donors (Lipinski definition) is 4. The van der Waals surface area contributed by atoms with E-state index in [1.807, 2.05) is 0 Å². The molecule has 1 aromatic rings. The van der Waals surface area contributed by atoms with E-state index in [0.29, 0.717) is 5.01 Å². The summed E-state index contributed by atoms with van der Waals surface area (Å²) in [6.45, 7) is 6.68. The number of thiazole rings is 1. The van der Waals surface area contributed by atoms with Gasteiger partial charge < -0.3 is 26.6 Å². The van der Waals surface area contributed by atoms with Gasteiger partial charge in [-0.2, -0.15) is 0 Å². The van der Waals surface area contributed by atoms with Gasteiger partial charge in [0.05, 0.1) is 23.6 Å². The van der Waals surface area contributed by atoms with Crippen LogP contribution in [0, 0.1) is 36.0 Å². The number of carbonyl (C=O) groups is 9. The van der Waals surface area contributed by atoms with E-state index < -0.39 is 82.3 Å². The number of aromatic nitrogens is 1. The molecule has 0 spiro atoms. The van der Waals surface area contributed by atoms with Gasteiger partial charge in [-0.3, -0.25) is 43.2 Å². The summed E-state index contributed by atoms with van der Waals surface area (Å²) in [5.74, 6) is -7.08. The van der Waals surface area contributed by atoms with Crippen LogP contribution >= 0.6 is 11.3 Å². The first kappa shape index (κ1) is 45.7. The molecule has 1 aromatic heterocycles. The number of rotatable bonds is 19. The minimum Gasteiger partial charge on any atom is -0.368 e. The maximum absolute atomic E-state index is 14.6. The summed E-state index contributed by atoms with van der Waals surface area (Å²) in [4.78, 5) is 127. The van der Waals surface area contributed by atoms with E-state index in [1.54, 1.807) is 33.1 Å². The first-order chi connectivity index (χ1) is 27.9. The predicted molar refractivity (Wildman–Crippen MR) is 219 cm³/mol. The molecular formula is C43H62N6O9S. The van der Waals surface area contributed by atoms with Gasteiger partial charge in [0.1, 0.15) is 11.7 Å². The summed E-state index contributed by atoms with van der Waals surface area (Å²) in [6.07, 6.45) is 8.96. The Morgan fingerprint density at radius 3 is 2.07 bits per heavy atom. The molecule has 1 aliphatic heterocycles. The number of nitrogens with one attached hydrogen (secondary N) is 3. The Kier molecular flexibility index (Phi) is 15.7. The SMILES string of the molecule is Cc1nc(C(=O)N[C@@H](CCC(=O)C(=O)NC2CC2)C(=O)C[C@H](C(=O)N2CC(=O)C[C@H]2C(=O)C[C@H](C(=O)N[C@H](C(N)=O)C2CCCCC2)C2CCCCC2)C(C)(C)C)cs1. The highest BCUT2D eigenvalue weighted by atomic mass is 32.1. The highest BCUT2D eigenvalue weighted by molar-refractivity contribution is 7.09. The van der Waals surface area contributed by atoms with Crippen molar-refractivity contribution in [1.29, 1.82) is 0 Å². The summed E-state index contributed by atoms with van der Waals surface area (Å²) in [6, 6.07) is -3.29. The molecule has 59 heavy (non-hydrogen) atoms. The molecule has 3 aliphatic carbocycles. The molecule has 324 valence electrons.